The number of nitrogens with two attached hydrogens (primary N) is 1. The van der Waals surface area contributed by atoms with Crippen LogP contribution in [0.15, 0.2) is 23.1 Å². The molecule has 0 bridgehead atoms. The van der Waals surface area contributed by atoms with Crippen LogP contribution in [0.4, 0.5) is 0 Å². The van der Waals surface area contributed by atoms with Gasteiger partial charge in [0.25, 0.3) is 0 Å². The molecule has 1 aliphatic heterocycles. The van der Waals surface area contributed by atoms with Gasteiger partial charge in [-0.1, -0.05) is 17.7 Å². The Morgan fingerprint density at radius 3 is 2.85 bits per heavy atom. The van der Waals surface area contributed by atoms with Gasteiger partial charge in [0, 0.05) is 24.7 Å². The van der Waals surface area contributed by atoms with Gasteiger partial charge in [0.15, 0.2) is 0 Å². The zero-order chi connectivity index (χ0) is 14.8. The molecule has 0 aliphatic carbocycles. The molecule has 20 heavy (non-hydrogen) atoms. The molecule has 6 nitrogen and oxygen atoms in total. The van der Waals surface area contributed by atoms with E-state index in [0.29, 0.717) is 10.6 Å². The first kappa shape index (κ1) is 15.7. The van der Waals surface area contributed by atoms with Gasteiger partial charge >= 0.3 is 0 Å². The van der Waals surface area contributed by atoms with Crippen molar-refractivity contribution in [2.24, 2.45) is 5.73 Å². The highest BCUT2D eigenvalue weighted by atomic mass is 35.5. The Morgan fingerprint density at radius 2 is 2.25 bits per heavy atom. The van der Waals surface area contributed by atoms with Gasteiger partial charge < -0.3 is 15.6 Å². The molecule has 0 aromatic heterocycles. The maximum Gasteiger partial charge on any atom is 0.243 e. The third kappa shape index (κ3) is 3.13. The van der Waals surface area contributed by atoms with Crippen LogP contribution in [0.2, 0.25) is 5.02 Å². The van der Waals surface area contributed by atoms with Gasteiger partial charge in [-0.2, -0.15) is 4.31 Å². The molecule has 1 saturated heterocycles. The zero-order valence-corrected chi connectivity index (χ0v) is 12.4. The fourth-order valence-electron chi connectivity index (χ4n) is 2.02. The molecule has 1 aromatic carbocycles. The highest BCUT2D eigenvalue weighted by molar-refractivity contribution is 7.89. The molecule has 3 N–H and O–H groups in total. The summed E-state index contributed by atoms with van der Waals surface area (Å²) >= 11 is 6.00. The fourth-order valence-corrected chi connectivity index (χ4v) is 3.83. The van der Waals surface area contributed by atoms with Crippen LogP contribution in [-0.4, -0.2) is 50.2 Å². The lowest BCUT2D eigenvalue weighted by molar-refractivity contribution is -0.0304. The van der Waals surface area contributed by atoms with Crippen molar-refractivity contribution in [3.05, 3.63) is 28.8 Å². The van der Waals surface area contributed by atoms with Crippen molar-refractivity contribution in [3.63, 3.8) is 0 Å². The van der Waals surface area contributed by atoms with E-state index in [-0.39, 0.29) is 37.7 Å². The van der Waals surface area contributed by atoms with E-state index in [4.69, 9.17) is 27.2 Å². The van der Waals surface area contributed by atoms with Crippen LogP contribution >= 0.6 is 11.6 Å². The minimum atomic E-state index is -3.64. The van der Waals surface area contributed by atoms with Crippen molar-refractivity contribution < 1.29 is 18.3 Å². The van der Waals surface area contributed by atoms with Crippen LogP contribution in [0, 0.1) is 0 Å². The Morgan fingerprint density at radius 1 is 1.50 bits per heavy atom. The molecule has 0 radical (unpaired) electrons. The standard InChI is InChI=1S/C12H17ClN2O4S/c13-12-5-11(2-1-9(12)6-14)20(17,18)15-3-4-19-10(7-15)8-16/h1-2,5,10,16H,3-4,6-8,14H2. The molecular weight excluding hydrogens is 304 g/mol. The summed E-state index contributed by atoms with van der Waals surface area (Å²) in [5.74, 6) is 0. The van der Waals surface area contributed by atoms with Crippen LogP contribution in [0.1, 0.15) is 5.56 Å². The largest absolute Gasteiger partial charge is 0.394 e. The molecule has 112 valence electrons. The maximum atomic E-state index is 12.5. The van der Waals surface area contributed by atoms with E-state index in [2.05, 4.69) is 0 Å². The van der Waals surface area contributed by atoms with Gasteiger partial charge in [0.2, 0.25) is 10.0 Å². The normalized spacial score (nSPS) is 21.1. The first-order valence-electron chi connectivity index (χ1n) is 6.20. The highest BCUT2D eigenvalue weighted by Gasteiger charge is 2.30. The first-order valence-corrected chi connectivity index (χ1v) is 8.02. The molecule has 8 heteroatoms. The molecule has 1 atom stereocenters. The number of aliphatic hydroxyl groups is 1. The van der Waals surface area contributed by atoms with E-state index < -0.39 is 16.1 Å². The Balaban J connectivity index is 2.28. The van der Waals surface area contributed by atoms with Crippen LogP contribution in [0.3, 0.4) is 0 Å². The summed E-state index contributed by atoms with van der Waals surface area (Å²) in [5, 5.41) is 9.41. The number of ether oxygens (including phenoxy) is 1. The summed E-state index contributed by atoms with van der Waals surface area (Å²) in [7, 11) is -3.64. The molecule has 1 aromatic rings. The van der Waals surface area contributed by atoms with Crippen molar-refractivity contribution >= 4 is 21.6 Å². The molecule has 0 amide bonds. The molecule has 1 fully saturated rings. The number of hydrogen-bond donors (Lipinski definition) is 2. The number of rotatable bonds is 4. The minimum Gasteiger partial charge on any atom is -0.394 e. The average molecular weight is 321 g/mol. The summed E-state index contributed by atoms with van der Waals surface area (Å²) in [6.07, 6.45) is -0.489. The molecule has 1 unspecified atom stereocenters. The topological polar surface area (TPSA) is 92.9 Å². The summed E-state index contributed by atoms with van der Waals surface area (Å²) in [6, 6.07) is 4.51. The maximum absolute atomic E-state index is 12.5. The number of sulfonamides is 1. The molecule has 0 saturated carbocycles. The second-order valence-corrected chi connectivity index (χ2v) is 6.84. The third-order valence-corrected chi connectivity index (χ3v) is 5.40. The summed E-state index contributed by atoms with van der Waals surface area (Å²) in [5.41, 5.74) is 6.20. The van der Waals surface area contributed by atoms with Gasteiger partial charge in [-0.15, -0.1) is 0 Å². The minimum absolute atomic E-state index is 0.123. The van der Waals surface area contributed by atoms with Gasteiger partial charge in [-0.3, -0.25) is 0 Å². The van der Waals surface area contributed by atoms with E-state index in [9.17, 15) is 8.42 Å². The lowest BCUT2D eigenvalue weighted by Crippen LogP contribution is -2.46. The Bertz CT molecular complexity index is 579. The Hall–Kier alpha value is -0.700. The quantitative estimate of drug-likeness (QED) is 0.825. The number of hydrogen-bond acceptors (Lipinski definition) is 5. The fraction of sp³-hybridized carbons (Fsp3) is 0.500. The third-order valence-electron chi connectivity index (χ3n) is 3.19. The number of halogens is 1. The summed E-state index contributed by atoms with van der Waals surface area (Å²) in [4.78, 5) is 0.123. The van der Waals surface area contributed by atoms with Gasteiger partial charge in [-0.25, -0.2) is 8.42 Å². The van der Waals surface area contributed by atoms with E-state index >= 15 is 0 Å². The number of nitrogens with zero attached hydrogens (tertiary/aromatic N) is 1. The highest BCUT2D eigenvalue weighted by Crippen LogP contribution is 2.24. The van der Waals surface area contributed by atoms with E-state index in [1.165, 1.54) is 16.4 Å². The molecule has 2 rings (SSSR count). The first-order chi connectivity index (χ1) is 9.48. The number of benzene rings is 1. The van der Waals surface area contributed by atoms with Crippen molar-refractivity contribution in [1.82, 2.24) is 4.31 Å². The van der Waals surface area contributed by atoms with Crippen LogP contribution in [0.25, 0.3) is 0 Å². The SMILES string of the molecule is NCc1ccc(S(=O)(=O)N2CCOC(CO)C2)cc1Cl. The van der Waals surface area contributed by atoms with E-state index in [0.717, 1.165) is 0 Å². The second-order valence-electron chi connectivity index (χ2n) is 4.50. The van der Waals surface area contributed by atoms with Gasteiger partial charge in [0.1, 0.15) is 0 Å². The second kappa shape index (κ2) is 6.38. The predicted molar refractivity (Wildman–Crippen MR) is 74.9 cm³/mol. The molecule has 0 spiro atoms. The number of aliphatic hydroxyl groups excluding tert-OH is 1. The zero-order valence-electron chi connectivity index (χ0n) is 10.8. The lowest BCUT2D eigenvalue weighted by Gasteiger charge is -2.31. The lowest BCUT2D eigenvalue weighted by atomic mass is 10.2. The predicted octanol–water partition coefficient (Wildman–Crippen LogP) is 0.181. The number of morpholine rings is 1. The van der Waals surface area contributed by atoms with Crippen molar-refractivity contribution in [1.29, 1.82) is 0 Å². The van der Waals surface area contributed by atoms with Crippen molar-refractivity contribution in [2.45, 2.75) is 17.5 Å². The van der Waals surface area contributed by atoms with Gasteiger partial charge in [-0.05, 0) is 17.7 Å². The average Bonchev–Trinajstić information content (AvgIpc) is 2.47. The summed E-state index contributed by atoms with van der Waals surface area (Å²) < 4.78 is 31.5. The summed E-state index contributed by atoms with van der Waals surface area (Å²) in [6.45, 7) is 0.700. The molecule has 1 heterocycles. The Kier molecular flexibility index (Phi) is 5.00. The van der Waals surface area contributed by atoms with Crippen LogP contribution in [-0.2, 0) is 21.3 Å². The molecular formula is C12H17ClN2O4S. The van der Waals surface area contributed by atoms with Crippen molar-refractivity contribution in [2.75, 3.05) is 26.3 Å². The van der Waals surface area contributed by atoms with E-state index in [1.807, 2.05) is 0 Å². The van der Waals surface area contributed by atoms with Crippen molar-refractivity contribution in [3.8, 4) is 0 Å². The van der Waals surface area contributed by atoms with E-state index in [1.54, 1.807) is 6.07 Å². The van der Waals surface area contributed by atoms with Gasteiger partial charge in [0.05, 0.1) is 24.2 Å². The monoisotopic (exact) mass is 320 g/mol. The van der Waals surface area contributed by atoms with Crippen LogP contribution in [0.5, 0.6) is 0 Å². The Labute approximate surface area is 123 Å². The van der Waals surface area contributed by atoms with Crippen LogP contribution < -0.4 is 5.73 Å². The molecule has 1 aliphatic rings. The smallest absolute Gasteiger partial charge is 0.243 e.